The van der Waals surface area contributed by atoms with Crippen molar-refractivity contribution in [1.29, 1.82) is 0 Å². The number of carbonyl (C=O) groups excluding carboxylic acids is 1. The molecule has 170 valence electrons. The van der Waals surface area contributed by atoms with E-state index in [9.17, 15) is 4.79 Å². The maximum absolute atomic E-state index is 10.7. The Balaban J connectivity index is 1.63. The first-order chi connectivity index (χ1) is 15.5. The lowest BCUT2D eigenvalue weighted by atomic mass is 10.1. The Labute approximate surface area is 189 Å². The van der Waals surface area contributed by atoms with Crippen molar-refractivity contribution in [3.63, 3.8) is 0 Å². The monoisotopic (exact) mass is 437 g/mol. The SMILES string of the molecule is CCN(CC)c1cc(-c2nc(-c3ccc(CCNCCOC(C)=O)cc3)no2)cc(C)n1. The van der Waals surface area contributed by atoms with Crippen LogP contribution in [0.2, 0.25) is 0 Å². The molecule has 0 aliphatic heterocycles. The van der Waals surface area contributed by atoms with Crippen LogP contribution in [0.25, 0.3) is 22.8 Å². The van der Waals surface area contributed by atoms with Crippen molar-refractivity contribution < 1.29 is 14.1 Å². The van der Waals surface area contributed by atoms with Crippen LogP contribution in [0.15, 0.2) is 40.9 Å². The van der Waals surface area contributed by atoms with Gasteiger partial charge in [-0.05, 0) is 51.4 Å². The van der Waals surface area contributed by atoms with E-state index < -0.39 is 0 Å². The highest BCUT2D eigenvalue weighted by Gasteiger charge is 2.14. The van der Waals surface area contributed by atoms with Gasteiger partial charge in [-0.2, -0.15) is 4.98 Å². The van der Waals surface area contributed by atoms with Crippen molar-refractivity contribution >= 4 is 11.8 Å². The Kier molecular flexibility index (Phi) is 8.33. The molecule has 0 saturated carbocycles. The predicted molar refractivity (Wildman–Crippen MR) is 124 cm³/mol. The number of nitrogens with zero attached hydrogens (tertiary/aromatic N) is 4. The number of carbonyl (C=O) groups is 1. The Morgan fingerprint density at radius 2 is 1.81 bits per heavy atom. The van der Waals surface area contributed by atoms with E-state index in [2.05, 4.69) is 51.3 Å². The van der Waals surface area contributed by atoms with Crippen molar-refractivity contribution in [2.75, 3.05) is 37.7 Å². The largest absolute Gasteiger partial charge is 0.465 e. The van der Waals surface area contributed by atoms with Crippen LogP contribution in [0.1, 0.15) is 32.0 Å². The molecule has 1 N–H and O–H groups in total. The number of ether oxygens (including phenoxy) is 1. The number of benzene rings is 1. The zero-order chi connectivity index (χ0) is 22.9. The van der Waals surface area contributed by atoms with Gasteiger partial charge in [0.1, 0.15) is 12.4 Å². The van der Waals surface area contributed by atoms with E-state index in [4.69, 9.17) is 9.26 Å². The third-order valence-corrected chi connectivity index (χ3v) is 5.09. The summed E-state index contributed by atoms with van der Waals surface area (Å²) < 4.78 is 10.5. The molecule has 3 aromatic rings. The second kappa shape index (κ2) is 11.4. The van der Waals surface area contributed by atoms with Crippen molar-refractivity contribution in [2.24, 2.45) is 0 Å². The van der Waals surface area contributed by atoms with Crippen LogP contribution < -0.4 is 10.2 Å². The van der Waals surface area contributed by atoms with E-state index >= 15 is 0 Å². The quantitative estimate of drug-likeness (QED) is 0.359. The first-order valence-electron chi connectivity index (χ1n) is 11.0. The highest BCUT2D eigenvalue weighted by Crippen LogP contribution is 2.26. The molecule has 3 rings (SSSR count). The molecule has 2 heterocycles. The Morgan fingerprint density at radius 3 is 2.50 bits per heavy atom. The molecule has 0 atom stereocenters. The number of esters is 1. The van der Waals surface area contributed by atoms with E-state index in [0.717, 1.165) is 48.7 Å². The van der Waals surface area contributed by atoms with Crippen LogP contribution in [0, 0.1) is 6.92 Å². The molecule has 0 spiro atoms. The topological polar surface area (TPSA) is 93.4 Å². The Morgan fingerprint density at radius 1 is 1.06 bits per heavy atom. The lowest BCUT2D eigenvalue weighted by molar-refractivity contribution is -0.140. The van der Waals surface area contributed by atoms with Crippen molar-refractivity contribution in [2.45, 2.75) is 34.1 Å². The number of hydrogen-bond acceptors (Lipinski definition) is 8. The second-order valence-electron chi connectivity index (χ2n) is 7.49. The number of pyridine rings is 1. The maximum atomic E-state index is 10.7. The normalized spacial score (nSPS) is 10.9. The summed E-state index contributed by atoms with van der Waals surface area (Å²) in [6.45, 7) is 11.2. The lowest BCUT2D eigenvalue weighted by Gasteiger charge is -2.20. The zero-order valence-corrected chi connectivity index (χ0v) is 19.2. The molecule has 8 heteroatoms. The minimum atomic E-state index is -0.254. The van der Waals surface area contributed by atoms with E-state index in [1.807, 2.05) is 31.2 Å². The minimum absolute atomic E-state index is 0.254. The van der Waals surface area contributed by atoms with Gasteiger partial charge in [0, 0.05) is 43.4 Å². The highest BCUT2D eigenvalue weighted by atomic mass is 16.5. The number of hydrogen-bond donors (Lipinski definition) is 1. The van der Waals surface area contributed by atoms with Crippen molar-refractivity contribution in [1.82, 2.24) is 20.4 Å². The molecule has 8 nitrogen and oxygen atoms in total. The molecule has 0 bridgehead atoms. The van der Waals surface area contributed by atoms with E-state index in [1.54, 1.807) is 0 Å². The molecule has 0 unspecified atom stereocenters. The molecule has 1 aromatic carbocycles. The number of aryl methyl sites for hydroxylation is 1. The standard InChI is InChI=1S/C24H31N5O3/c1-5-29(6-2)22-16-21(15-17(3)26-22)24-27-23(28-32-24)20-9-7-19(8-10-20)11-12-25-13-14-31-18(4)30/h7-10,15-16,25H,5-6,11-14H2,1-4H3. The summed E-state index contributed by atoms with van der Waals surface area (Å²) in [7, 11) is 0. The number of nitrogens with one attached hydrogen (secondary N) is 1. The molecule has 32 heavy (non-hydrogen) atoms. The van der Waals surface area contributed by atoms with Gasteiger partial charge in [-0.25, -0.2) is 4.98 Å². The van der Waals surface area contributed by atoms with Crippen molar-refractivity contribution in [3.8, 4) is 22.8 Å². The van der Waals surface area contributed by atoms with E-state index in [-0.39, 0.29) is 5.97 Å². The fourth-order valence-electron chi connectivity index (χ4n) is 3.39. The molecular weight excluding hydrogens is 406 g/mol. The van der Waals surface area contributed by atoms with Crippen LogP contribution in [0.4, 0.5) is 5.82 Å². The first-order valence-corrected chi connectivity index (χ1v) is 11.0. The average Bonchev–Trinajstić information content (AvgIpc) is 3.27. The van der Waals surface area contributed by atoms with Crippen LogP contribution >= 0.6 is 0 Å². The van der Waals surface area contributed by atoms with Crippen LogP contribution in [-0.2, 0) is 16.0 Å². The molecule has 0 saturated heterocycles. The van der Waals surface area contributed by atoms with Gasteiger partial charge in [0.05, 0.1) is 0 Å². The molecule has 0 amide bonds. The fraction of sp³-hybridized carbons (Fsp3) is 0.417. The van der Waals surface area contributed by atoms with Crippen LogP contribution in [-0.4, -0.2) is 53.9 Å². The first kappa shape index (κ1) is 23.4. The molecule has 0 aliphatic rings. The zero-order valence-electron chi connectivity index (χ0n) is 19.2. The molecule has 0 aliphatic carbocycles. The molecule has 0 fully saturated rings. The number of anilines is 1. The van der Waals surface area contributed by atoms with Gasteiger partial charge >= 0.3 is 5.97 Å². The van der Waals surface area contributed by atoms with Gasteiger partial charge in [-0.3, -0.25) is 4.79 Å². The highest BCUT2D eigenvalue weighted by molar-refractivity contribution is 5.66. The fourth-order valence-corrected chi connectivity index (χ4v) is 3.39. The maximum Gasteiger partial charge on any atom is 0.302 e. The summed E-state index contributed by atoms with van der Waals surface area (Å²) >= 11 is 0. The average molecular weight is 438 g/mol. The van der Waals surface area contributed by atoms with Gasteiger partial charge < -0.3 is 19.5 Å². The summed E-state index contributed by atoms with van der Waals surface area (Å²) in [6, 6.07) is 12.1. The summed E-state index contributed by atoms with van der Waals surface area (Å²) in [5.41, 5.74) is 3.89. The summed E-state index contributed by atoms with van der Waals surface area (Å²) in [5.74, 6) is 1.70. The van der Waals surface area contributed by atoms with Crippen LogP contribution in [0.3, 0.4) is 0 Å². The van der Waals surface area contributed by atoms with Gasteiger partial charge in [-0.15, -0.1) is 0 Å². The minimum Gasteiger partial charge on any atom is -0.465 e. The van der Waals surface area contributed by atoms with E-state index in [1.165, 1.54) is 12.5 Å². The molecule has 0 radical (unpaired) electrons. The Bertz CT molecular complexity index is 1010. The van der Waals surface area contributed by atoms with Gasteiger partial charge in [-0.1, -0.05) is 29.4 Å². The van der Waals surface area contributed by atoms with Crippen LogP contribution in [0.5, 0.6) is 0 Å². The number of aromatic nitrogens is 3. The van der Waals surface area contributed by atoms with Gasteiger partial charge in [0.15, 0.2) is 0 Å². The lowest BCUT2D eigenvalue weighted by Crippen LogP contribution is -2.23. The van der Waals surface area contributed by atoms with E-state index in [0.29, 0.717) is 24.9 Å². The van der Waals surface area contributed by atoms with Gasteiger partial charge in [0.2, 0.25) is 5.82 Å². The third kappa shape index (κ3) is 6.37. The number of rotatable bonds is 11. The summed E-state index contributed by atoms with van der Waals surface area (Å²) in [4.78, 5) is 22.2. The smallest absolute Gasteiger partial charge is 0.302 e. The molecule has 2 aromatic heterocycles. The Hall–Kier alpha value is -3.26. The second-order valence-corrected chi connectivity index (χ2v) is 7.49. The summed E-state index contributed by atoms with van der Waals surface area (Å²) in [5, 5.41) is 7.43. The summed E-state index contributed by atoms with van der Waals surface area (Å²) in [6.07, 6.45) is 0.877. The predicted octanol–water partition coefficient (Wildman–Crippen LogP) is 3.65. The third-order valence-electron chi connectivity index (χ3n) is 5.09. The van der Waals surface area contributed by atoms with Crippen molar-refractivity contribution in [3.05, 3.63) is 47.7 Å². The van der Waals surface area contributed by atoms with Gasteiger partial charge in [0.25, 0.3) is 5.89 Å². The molecular formula is C24H31N5O3.